The lowest BCUT2D eigenvalue weighted by atomic mass is 10.0. The van der Waals surface area contributed by atoms with E-state index in [4.69, 9.17) is 4.74 Å². The molecule has 1 N–H and O–H groups in total. The summed E-state index contributed by atoms with van der Waals surface area (Å²) >= 11 is 0. The van der Waals surface area contributed by atoms with E-state index in [0.717, 1.165) is 13.3 Å². The molecule has 0 aliphatic heterocycles. The number of hydrogen-bond acceptors (Lipinski definition) is 2. The van der Waals surface area contributed by atoms with Crippen LogP contribution in [0.25, 0.3) is 0 Å². The molecule has 2 nitrogen and oxygen atoms in total. The SMILES string of the molecule is CCC(C)(C)NCC(C)OC(C)C(F)(F)F. The maximum atomic E-state index is 12.2. The Kier molecular flexibility index (Phi) is 5.76. The third-order valence-corrected chi connectivity index (χ3v) is 2.65. The van der Waals surface area contributed by atoms with Crippen molar-refractivity contribution in [2.24, 2.45) is 0 Å². The number of rotatable bonds is 6. The maximum absolute atomic E-state index is 12.2. The van der Waals surface area contributed by atoms with E-state index in [2.05, 4.69) is 5.32 Å². The highest BCUT2D eigenvalue weighted by Gasteiger charge is 2.37. The molecule has 2 unspecified atom stereocenters. The molecule has 0 bridgehead atoms. The van der Waals surface area contributed by atoms with Gasteiger partial charge in [0, 0.05) is 12.1 Å². The van der Waals surface area contributed by atoms with Crippen LogP contribution in [0.15, 0.2) is 0 Å². The zero-order valence-electron chi connectivity index (χ0n) is 10.6. The van der Waals surface area contributed by atoms with Gasteiger partial charge in [0.2, 0.25) is 0 Å². The Hall–Kier alpha value is -0.290. The third-order valence-electron chi connectivity index (χ3n) is 2.65. The Morgan fingerprint density at radius 3 is 2.06 bits per heavy atom. The minimum atomic E-state index is -4.28. The summed E-state index contributed by atoms with van der Waals surface area (Å²) < 4.78 is 41.5. The summed E-state index contributed by atoms with van der Waals surface area (Å²) in [6, 6.07) is 0. The highest BCUT2D eigenvalue weighted by Crippen LogP contribution is 2.23. The van der Waals surface area contributed by atoms with Crippen LogP contribution in [0.1, 0.15) is 41.0 Å². The molecule has 0 fully saturated rings. The molecule has 0 heterocycles. The lowest BCUT2D eigenvalue weighted by Crippen LogP contribution is -2.44. The monoisotopic (exact) mass is 241 g/mol. The lowest BCUT2D eigenvalue weighted by molar-refractivity contribution is -0.224. The molecule has 0 aromatic carbocycles. The lowest BCUT2D eigenvalue weighted by Gasteiger charge is -2.28. The highest BCUT2D eigenvalue weighted by molar-refractivity contribution is 4.76. The fourth-order valence-electron chi connectivity index (χ4n) is 1.02. The molecule has 16 heavy (non-hydrogen) atoms. The van der Waals surface area contributed by atoms with Gasteiger partial charge in [0.1, 0.15) is 0 Å². The first-order chi connectivity index (χ1) is 7.08. The number of hydrogen-bond donors (Lipinski definition) is 1. The normalized spacial score (nSPS) is 17.2. The Bertz CT molecular complexity index is 204. The molecule has 0 radical (unpaired) electrons. The molecule has 0 aliphatic rings. The summed E-state index contributed by atoms with van der Waals surface area (Å²) in [5, 5.41) is 3.17. The van der Waals surface area contributed by atoms with Crippen LogP contribution >= 0.6 is 0 Å². The molecule has 5 heteroatoms. The molecule has 0 saturated heterocycles. The van der Waals surface area contributed by atoms with Crippen molar-refractivity contribution in [1.82, 2.24) is 5.32 Å². The van der Waals surface area contributed by atoms with Gasteiger partial charge in [-0.25, -0.2) is 0 Å². The van der Waals surface area contributed by atoms with E-state index in [1.54, 1.807) is 6.92 Å². The van der Waals surface area contributed by atoms with E-state index >= 15 is 0 Å². The Labute approximate surface area is 95.5 Å². The topological polar surface area (TPSA) is 21.3 Å². The summed E-state index contributed by atoms with van der Waals surface area (Å²) in [7, 11) is 0. The fourth-order valence-corrected chi connectivity index (χ4v) is 1.02. The average Bonchev–Trinajstić information content (AvgIpc) is 2.13. The second-order valence-electron chi connectivity index (χ2n) is 4.75. The van der Waals surface area contributed by atoms with Crippen molar-refractivity contribution in [3.63, 3.8) is 0 Å². The van der Waals surface area contributed by atoms with Crippen LogP contribution < -0.4 is 5.32 Å². The molecular weight excluding hydrogens is 219 g/mol. The molecule has 98 valence electrons. The van der Waals surface area contributed by atoms with E-state index in [1.807, 2.05) is 20.8 Å². The molecule has 0 spiro atoms. The minimum Gasteiger partial charge on any atom is -0.365 e. The fraction of sp³-hybridized carbons (Fsp3) is 1.00. The summed E-state index contributed by atoms with van der Waals surface area (Å²) in [6.45, 7) is 9.13. The first kappa shape index (κ1) is 15.7. The van der Waals surface area contributed by atoms with E-state index in [-0.39, 0.29) is 5.54 Å². The van der Waals surface area contributed by atoms with Crippen LogP contribution in [0.5, 0.6) is 0 Å². The van der Waals surface area contributed by atoms with E-state index in [0.29, 0.717) is 6.54 Å². The predicted octanol–water partition coefficient (Wildman–Crippen LogP) is 3.12. The zero-order valence-corrected chi connectivity index (χ0v) is 10.6. The number of alkyl halides is 3. The van der Waals surface area contributed by atoms with Crippen LogP contribution in [0.4, 0.5) is 13.2 Å². The molecule has 0 amide bonds. The van der Waals surface area contributed by atoms with E-state index in [1.165, 1.54) is 0 Å². The van der Waals surface area contributed by atoms with Crippen molar-refractivity contribution in [2.45, 2.75) is 65.0 Å². The van der Waals surface area contributed by atoms with Crippen LogP contribution in [-0.4, -0.2) is 30.5 Å². The smallest absolute Gasteiger partial charge is 0.365 e. The molecular formula is C11H22F3NO. The largest absolute Gasteiger partial charge is 0.414 e. The molecule has 0 aromatic rings. The number of ether oxygens (including phenoxy) is 1. The van der Waals surface area contributed by atoms with Gasteiger partial charge in [0.25, 0.3) is 0 Å². The van der Waals surface area contributed by atoms with Gasteiger partial charge in [-0.3, -0.25) is 0 Å². The molecule has 0 saturated carbocycles. The predicted molar refractivity (Wildman–Crippen MR) is 58.4 cm³/mol. The van der Waals surface area contributed by atoms with Gasteiger partial charge in [0.15, 0.2) is 6.10 Å². The van der Waals surface area contributed by atoms with E-state index < -0.39 is 18.4 Å². The van der Waals surface area contributed by atoms with Gasteiger partial charge < -0.3 is 10.1 Å². The van der Waals surface area contributed by atoms with Gasteiger partial charge in [0.05, 0.1) is 6.10 Å². The van der Waals surface area contributed by atoms with Gasteiger partial charge in [-0.15, -0.1) is 0 Å². The van der Waals surface area contributed by atoms with Gasteiger partial charge in [-0.1, -0.05) is 6.92 Å². The summed E-state index contributed by atoms with van der Waals surface area (Å²) in [6.07, 6.45) is -5.54. The van der Waals surface area contributed by atoms with Crippen molar-refractivity contribution in [1.29, 1.82) is 0 Å². The minimum absolute atomic E-state index is 0.0703. The average molecular weight is 241 g/mol. The highest BCUT2D eigenvalue weighted by atomic mass is 19.4. The van der Waals surface area contributed by atoms with Crippen molar-refractivity contribution >= 4 is 0 Å². The molecule has 0 aromatic heterocycles. The quantitative estimate of drug-likeness (QED) is 0.771. The van der Waals surface area contributed by atoms with Crippen molar-refractivity contribution < 1.29 is 17.9 Å². The van der Waals surface area contributed by atoms with Crippen LogP contribution in [0, 0.1) is 0 Å². The van der Waals surface area contributed by atoms with Crippen LogP contribution in [0.2, 0.25) is 0 Å². The zero-order chi connectivity index (χ0) is 13.0. The molecule has 2 atom stereocenters. The molecule has 0 aliphatic carbocycles. The first-order valence-electron chi connectivity index (χ1n) is 5.55. The standard InChI is InChI=1S/C11H22F3NO/c1-6-10(4,5)15-7-8(2)16-9(3)11(12,13)14/h8-9,15H,6-7H2,1-5H3. The van der Waals surface area contributed by atoms with Crippen LogP contribution in [-0.2, 0) is 4.74 Å². The molecule has 0 rings (SSSR count). The Morgan fingerprint density at radius 2 is 1.69 bits per heavy atom. The van der Waals surface area contributed by atoms with E-state index in [9.17, 15) is 13.2 Å². The summed E-state index contributed by atoms with van der Waals surface area (Å²) in [5.41, 5.74) is -0.0703. The Morgan fingerprint density at radius 1 is 1.19 bits per heavy atom. The Balaban J connectivity index is 3.96. The van der Waals surface area contributed by atoms with Crippen molar-refractivity contribution in [3.8, 4) is 0 Å². The maximum Gasteiger partial charge on any atom is 0.414 e. The van der Waals surface area contributed by atoms with Gasteiger partial charge >= 0.3 is 6.18 Å². The first-order valence-corrected chi connectivity index (χ1v) is 5.55. The summed E-state index contributed by atoms with van der Waals surface area (Å²) in [5.74, 6) is 0. The van der Waals surface area contributed by atoms with Crippen LogP contribution in [0.3, 0.4) is 0 Å². The van der Waals surface area contributed by atoms with Gasteiger partial charge in [-0.2, -0.15) is 13.2 Å². The summed E-state index contributed by atoms with van der Waals surface area (Å²) in [4.78, 5) is 0. The number of nitrogens with one attached hydrogen (secondary N) is 1. The second kappa shape index (κ2) is 5.87. The third kappa shape index (κ3) is 6.33. The number of halogens is 3. The van der Waals surface area contributed by atoms with Crippen molar-refractivity contribution in [3.05, 3.63) is 0 Å². The van der Waals surface area contributed by atoms with Gasteiger partial charge in [-0.05, 0) is 34.1 Å². The van der Waals surface area contributed by atoms with Crippen molar-refractivity contribution in [2.75, 3.05) is 6.54 Å². The second-order valence-corrected chi connectivity index (χ2v) is 4.75.